The van der Waals surface area contributed by atoms with Gasteiger partial charge in [-0.1, -0.05) is 13.8 Å². The zero-order chi connectivity index (χ0) is 16.0. The number of imidazole rings is 1. The normalized spacial score (nSPS) is 11.6. The lowest BCUT2D eigenvalue weighted by Crippen LogP contribution is -2.00. The van der Waals surface area contributed by atoms with Crippen LogP contribution >= 0.6 is 11.6 Å². The van der Waals surface area contributed by atoms with E-state index in [1.807, 2.05) is 20.8 Å². The molecule has 7 heteroatoms. The van der Waals surface area contributed by atoms with Crippen molar-refractivity contribution in [1.29, 1.82) is 0 Å². The van der Waals surface area contributed by atoms with Crippen molar-refractivity contribution in [3.63, 3.8) is 0 Å². The lowest BCUT2D eigenvalue weighted by Gasteiger charge is -2.09. The Balaban J connectivity index is 2.32. The molecule has 0 saturated carbocycles. The highest BCUT2D eigenvalue weighted by Gasteiger charge is 2.18. The molecule has 0 saturated heterocycles. The second-order valence-electron chi connectivity index (χ2n) is 5.34. The van der Waals surface area contributed by atoms with Gasteiger partial charge in [-0.05, 0) is 30.5 Å². The van der Waals surface area contributed by atoms with E-state index >= 15 is 0 Å². The van der Waals surface area contributed by atoms with Gasteiger partial charge in [0.2, 0.25) is 5.28 Å². The molecule has 3 rings (SSSR count). The molecule has 3 aromatic rings. The van der Waals surface area contributed by atoms with Gasteiger partial charge in [0.05, 0.1) is 11.9 Å². The van der Waals surface area contributed by atoms with Crippen molar-refractivity contribution >= 4 is 17.2 Å². The van der Waals surface area contributed by atoms with E-state index in [4.69, 9.17) is 11.6 Å². The molecular formula is C15H13ClF2N4. The first-order valence-corrected chi connectivity index (χ1v) is 7.12. The van der Waals surface area contributed by atoms with Crippen molar-refractivity contribution in [2.24, 2.45) is 0 Å². The largest absolute Gasteiger partial charge is 0.300 e. The predicted octanol–water partition coefficient (Wildman–Crippen LogP) is 4.15. The van der Waals surface area contributed by atoms with Crippen LogP contribution < -0.4 is 0 Å². The van der Waals surface area contributed by atoms with Crippen LogP contribution in [0.1, 0.15) is 31.2 Å². The number of hydrogen-bond acceptors (Lipinski definition) is 3. The average Bonchev–Trinajstić information content (AvgIpc) is 2.78. The molecule has 0 aromatic carbocycles. The van der Waals surface area contributed by atoms with Crippen LogP contribution in [-0.2, 0) is 0 Å². The molecule has 0 bridgehead atoms. The molecule has 0 radical (unpaired) electrons. The summed E-state index contributed by atoms with van der Waals surface area (Å²) in [5.74, 6) is -1.06. The summed E-state index contributed by atoms with van der Waals surface area (Å²) in [5.41, 5.74) is 2.07. The van der Waals surface area contributed by atoms with Gasteiger partial charge in [-0.15, -0.1) is 0 Å². The van der Waals surface area contributed by atoms with Crippen LogP contribution in [0.3, 0.4) is 0 Å². The molecular weight excluding hydrogens is 310 g/mol. The summed E-state index contributed by atoms with van der Waals surface area (Å²) in [6.45, 7) is 5.80. The second-order valence-corrected chi connectivity index (χ2v) is 5.68. The zero-order valence-corrected chi connectivity index (χ0v) is 13.0. The molecule has 0 fully saturated rings. The van der Waals surface area contributed by atoms with Crippen LogP contribution in [0.15, 0.2) is 18.5 Å². The first-order valence-electron chi connectivity index (χ1n) is 6.75. The Morgan fingerprint density at radius 3 is 2.59 bits per heavy atom. The van der Waals surface area contributed by atoms with Gasteiger partial charge in [0.25, 0.3) is 0 Å². The maximum atomic E-state index is 14.3. The van der Waals surface area contributed by atoms with E-state index in [9.17, 15) is 8.78 Å². The fraction of sp³-hybridized carbons (Fsp3) is 0.267. The minimum absolute atomic E-state index is 0.0399. The highest BCUT2D eigenvalue weighted by molar-refractivity contribution is 6.28. The molecule has 3 aromatic heterocycles. The van der Waals surface area contributed by atoms with E-state index in [0.717, 1.165) is 17.6 Å². The fourth-order valence-corrected chi connectivity index (χ4v) is 2.74. The smallest absolute Gasteiger partial charge is 0.223 e. The summed E-state index contributed by atoms with van der Waals surface area (Å²) < 4.78 is 29.9. The quantitative estimate of drug-likeness (QED) is 0.665. The minimum atomic E-state index is -0.661. The number of fused-ring (bicyclic) bond motifs is 1. The van der Waals surface area contributed by atoms with Crippen LogP contribution in [-0.4, -0.2) is 19.4 Å². The van der Waals surface area contributed by atoms with Crippen molar-refractivity contribution in [3.8, 4) is 11.3 Å². The molecule has 0 amide bonds. The van der Waals surface area contributed by atoms with Crippen molar-refractivity contribution in [3.05, 3.63) is 46.8 Å². The molecule has 0 atom stereocenters. The van der Waals surface area contributed by atoms with E-state index < -0.39 is 11.6 Å². The molecule has 0 aliphatic rings. The average molecular weight is 323 g/mol. The molecule has 114 valence electrons. The standard InChI is InChI=1S/C15H13ClF2N4/c1-7(2)13-8(3)20-14-10(17)4-9(6-22(13)14)12-11(18)5-19-15(16)21-12/h4-7H,1-3H3. The van der Waals surface area contributed by atoms with Crippen molar-refractivity contribution < 1.29 is 8.78 Å². The Labute approximate surface area is 130 Å². The van der Waals surface area contributed by atoms with Gasteiger partial charge in [0.1, 0.15) is 5.69 Å². The number of halogens is 3. The van der Waals surface area contributed by atoms with Gasteiger partial charge in [0.15, 0.2) is 17.3 Å². The maximum Gasteiger partial charge on any atom is 0.223 e. The Morgan fingerprint density at radius 2 is 1.91 bits per heavy atom. The van der Waals surface area contributed by atoms with Gasteiger partial charge < -0.3 is 4.40 Å². The summed E-state index contributed by atoms with van der Waals surface area (Å²) in [6, 6.07) is 1.20. The second kappa shape index (κ2) is 5.28. The van der Waals surface area contributed by atoms with E-state index in [-0.39, 0.29) is 28.1 Å². The maximum absolute atomic E-state index is 14.3. The van der Waals surface area contributed by atoms with E-state index in [2.05, 4.69) is 15.0 Å². The third-order valence-electron chi connectivity index (χ3n) is 3.43. The van der Waals surface area contributed by atoms with E-state index in [0.29, 0.717) is 0 Å². The minimum Gasteiger partial charge on any atom is -0.300 e. The molecule has 4 nitrogen and oxygen atoms in total. The number of aryl methyl sites for hydroxylation is 1. The molecule has 0 spiro atoms. The third-order valence-corrected chi connectivity index (χ3v) is 3.61. The summed E-state index contributed by atoms with van der Waals surface area (Å²) in [4.78, 5) is 11.7. The molecule has 0 aliphatic heterocycles. The Hall–Kier alpha value is -2.08. The SMILES string of the molecule is Cc1nc2c(F)cc(-c3nc(Cl)ncc3F)cn2c1C(C)C. The zero-order valence-electron chi connectivity index (χ0n) is 12.2. The predicted molar refractivity (Wildman–Crippen MR) is 80.0 cm³/mol. The van der Waals surface area contributed by atoms with Gasteiger partial charge in [-0.3, -0.25) is 0 Å². The third kappa shape index (κ3) is 2.33. The van der Waals surface area contributed by atoms with Crippen molar-refractivity contribution in [1.82, 2.24) is 19.4 Å². The van der Waals surface area contributed by atoms with Gasteiger partial charge >= 0.3 is 0 Å². The number of pyridine rings is 1. The Morgan fingerprint density at radius 1 is 1.18 bits per heavy atom. The monoisotopic (exact) mass is 322 g/mol. The summed E-state index contributed by atoms with van der Waals surface area (Å²) in [5, 5.41) is -0.0946. The van der Waals surface area contributed by atoms with Crippen LogP contribution in [0.5, 0.6) is 0 Å². The van der Waals surface area contributed by atoms with Crippen LogP contribution in [0.4, 0.5) is 8.78 Å². The first kappa shape index (κ1) is 14.8. The van der Waals surface area contributed by atoms with Gasteiger partial charge in [0, 0.05) is 17.5 Å². The van der Waals surface area contributed by atoms with Crippen molar-refractivity contribution in [2.75, 3.05) is 0 Å². The lowest BCUT2D eigenvalue weighted by atomic mass is 10.1. The van der Waals surface area contributed by atoms with Gasteiger partial charge in [-0.25, -0.2) is 23.7 Å². The lowest BCUT2D eigenvalue weighted by molar-refractivity contribution is 0.615. The fourth-order valence-electron chi connectivity index (χ4n) is 2.61. The van der Waals surface area contributed by atoms with Crippen LogP contribution in [0.2, 0.25) is 5.28 Å². The van der Waals surface area contributed by atoms with E-state index in [1.165, 1.54) is 6.07 Å². The number of hydrogen-bond donors (Lipinski definition) is 0. The molecule has 0 unspecified atom stereocenters. The number of nitrogens with zero attached hydrogens (tertiary/aromatic N) is 4. The highest BCUT2D eigenvalue weighted by Crippen LogP contribution is 2.28. The topological polar surface area (TPSA) is 43.1 Å². The molecule has 0 N–H and O–H groups in total. The number of rotatable bonds is 2. The van der Waals surface area contributed by atoms with Crippen LogP contribution in [0, 0.1) is 18.6 Å². The summed E-state index contributed by atoms with van der Waals surface area (Å²) in [6.07, 6.45) is 2.59. The summed E-state index contributed by atoms with van der Waals surface area (Å²) >= 11 is 5.71. The molecule has 0 aliphatic carbocycles. The molecule has 3 heterocycles. The van der Waals surface area contributed by atoms with Crippen LogP contribution in [0.25, 0.3) is 16.9 Å². The van der Waals surface area contributed by atoms with Crippen molar-refractivity contribution in [2.45, 2.75) is 26.7 Å². The summed E-state index contributed by atoms with van der Waals surface area (Å²) in [7, 11) is 0. The molecule has 22 heavy (non-hydrogen) atoms. The Bertz CT molecular complexity index is 874. The van der Waals surface area contributed by atoms with E-state index in [1.54, 1.807) is 10.6 Å². The first-order chi connectivity index (χ1) is 10.4. The highest BCUT2D eigenvalue weighted by atomic mass is 35.5. The van der Waals surface area contributed by atoms with Gasteiger partial charge in [-0.2, -0.15) is 0 Å². The number of aromatic nitrogens is 4. The Kier molecular flexibility index (Phi) is 3.56.